The Balaban J connectivity index is 1.42. The van der Waals surface area contributed by atoms with Crippen LogP contribution in [0.1, 0.15) is 38.8 Å². The van der Waals surface area contributed by atoms with Crippen LogP contribution in [0.15, 0.2) is 58.2 Å². The first kappa shape index (κ1) is 19.7. The normalized spacial score (nSPS) is 16.1. The Morgan fingerprint density at radius 1 is 1.14 bits per heavy atom. The molecule has 29 heavy (non-hydrogen) atoms. The van der Waals surface area contributed by atoms with Crippen LogP contribution in [0.2, 0.25) is 0 Å². The summed E-state index contributed by atoms with van der Waals surface area (Å²) >= 11 is 1.28. The number of aromatic nitrogens is 2. The van der Waals surface area contributed by atoms with Crippen molar-refractivity contribution in [3.05, 3.63) is 59.7 Å². The van der Waals surface area contributed by atoms with Crippen LogP contribution in [0.5, 0.6) is 0 Å². The van der Waals surface area contributed by atoms with Gasteiger partial charge in [0.1, 0.15) is 0 Å². The molecule has 0 saturated heterocycles. The number of fused-ring (bicyclic) bond motifs is 1. The van der Waals surface area contributed by atoms with E-state index in [-0.39, 0.29) is 23.1 Å². The van der Waals surface area contributed by atoms with E-state index in [1.165, 1.54) is 22.9 Å². The number of carbonyl (C=O) groups excluding carboxylic acids is 1. The Morgan fingerprint density at radius 3 is 2.59 bits per heavy atom. The van der Waals surface area contributed by atoms with Crippen LogP contribution in [0.3, 0.4) is 0 Å². The number of hydrogen-bond donors (Lipinski definition) is 0. The van der Waals surface area contributed by atoms with Crippen LogP contribution in [-0.2, 0) is 16.6 Å². The predicted molar refractivity (Wildman–Crippen MR) is 116 cm³/mol. The number of carbonyl (C=O) groups is 1. The van der Waals surface area contributed by atoms with Crippen molar-refractivity contribution in [2.75, 3.05) is 10.7 Å². The van der Waals surface area contributed by atoms with Gasteiger partial charge in [0, 0.05) is 17.3 Å². The van der Waals surface area contributed by atoms with Gasteiger partial charge >= 0.3 is 0 Å². The van der Waals surface area contributed by atoms with Gasteiger partial charge in [-0.25, -0.2) is 0 Å². The van der Waals surface area contributed by atoms with Gasteiger partial charge in [-0.05, 0) is 48.1 Å². The highest BCUT2D eigenvalue weighted by atomic mass is 32.2. The molecule has 150 valence electrons. The molecule has 0 spiro atoms. The van der Waals surface area contributed by atoms with Crippen molar-refractivity contribution < 1.29 is 9.21 Å². The standard InChI is InChI=1S/C23H25N3O2S/c1-15-13-17-7-5-6-8-19(17)26(15)20(27)14-29-22-25-24-21(28-22)16-9-11-18(12-10-16)23(2,3)4/h5-12,15H,13-14H2,1-4H3/t15-/m0/s1. The summed E-state index contributed by atoms with van der Waals surface area (Å²) in [6.45, 7) is 8.62. The second-order valence-corrected chi connectivity index (χ2v) is 9.36. The van der Waals surface area contributed by atoms with Crippen molar-refractivity contribution in [3.8, 4) is 11.5 Å². The lowest BCUT2D eigenvalue weighted by Crippen LogP contribution is -2.36. The van der Waals surface area contributed by atoms with Crippen LogP contribution >= 0.6 is 11.8 Å². The second-order valence-electron chi connectivity index (χ2n) is 8.43. The van der Waals surface area contributed by atoms with E-state index >= 15 is 0 Å². The first-order valence-electron chi connectivity index (χ1n) is 9.80. The van der Waals surface area contributed by atoms with Gasteiger partial charge in [0.15, 0.2) is 0 Å². The maximum atomic E-state index is 12.8. The Bertz CT molecular complexity index is 1020. The topological polar surface area (TPSA) is 59.2 Å². The predicted octanol–water partition coefficient (Wildman–Crippen LogP) is 5.10. The van der Waals surface area contributed by atoms with Crippen molar-refractivity contribution in [2.24, 2.45) is 0 Å². The number of para-hydroxylation sites is 1. The summed E-state index contributed by atoms with van der Waals surface area (Å²) in [6.07, 6.45) is 0.891. The fourth-order valence-electron chi connectivity index (χ4n) is 3.64. The lowest BCUT2D eigenvalue weighted by molar-refractivity contribution is -0.116. The van der Waals surface area contributed by atoms with Crippen LogP contribution in [0.4, 0.5) is 5.69 Å². The number of rotatable bonds is 4. The maximum Gasteiger partial charge on any atom is 0.277 e. The van der Waals surface area contributed by atoms with Crippen LogP contribution in [0, 0.1) is 0 Å². The number of anilines is 1. The Labute approximate surface area is 175 Å². The molecule has 0 fully saturated rings. The zero-order chi connectivity index (χ0) is 20.6. The van der Waals surface area contributed by atoms with Crippen molar-refractivity contribution in [3.63, 3.8) is 0 Å². The monoisotopic (exact) mass is 407 g/mol. The van der Waals surface area contributed by atoms with E-state index in [1.807, 2.05) is 35.2 Å². The van der Waals surface area contributed by atoms with E-state index in [4.69, 9.17) is 4.42 Å². The molecule has 2 aromatic carbocycles. The van der Waals surface area contributed by atoms with Gasteiger partial charge in [-0.2, -0.15) is 0 Å². The minimum atomic E-state index is 0.0572. The van der Waals surface area contributed by atoms with E-state index < -0.39 is 0 Å². The van der Waals surface area contributed by atoms with Gasteiger partial charge in [0.05, 0.1) is 5.75 Å². The van der Waals surface area contributed by atoms with Gasteiger partial charge in [-0.3, -0.25) is 4.79 Å². The summed E-state index contributed by atoms with van der Waals surface area (Å²) in [5.41, 5.74) is 4.46. The molecule has 0 saturated carbocycles. The molecule has 1 aromatic heterocycles. The lowest BCUT2D eigenvalue weighted by atomic mass is 9.87. The molecule has 1 amide bonds. The van der Waals surface area contributed by atoms with Crippen molar-refractivity contribution >= 4 is 23.4 Å². The van der Waals surface area contributed by atoms with E-state index in [1.54, 1.807) is 0 Å². The number of nitrogens with zero attached hydrogens (tertiary/aromatic N) is 3. The third-order valence-electron chi connectivity index (χ3n) is 5.20. The van der Waals surface area contributed by atoms with E-state index in [0.29, 0.717) is 11.1 Å². The molecule has 0 unspecified atom stereocenters. The first-order valence-corrected chi connectivity index (χ1v) is 10.8. The largest absolute Gasteiger partial charge is 0.411 e. The van der Waals surface area contributed by atoms with Crippen LogP contribution < -0.4 is 4.90 Å². The highest BCUT2D eigenvalue weighted by molar-refractivity contribution is 7.99. The van der Waals surface area contributed by atoms with E-state index in [0.717, 1.165) is 17.7 Å². The Morgan fingerprint density at radius 2 is 1.86 bits per heavy atom. The highest BCUT2D eigenvalue weighted by Crippen LogP contribution is 2.33. The minimum Gasteiger partial charge on any atom is -0.411 e. The molecule has 4 rings (SSSR count). The summed E-state index contributed by atoms with van der Waals surface area (Å²) < 4.78 is 5.77. The molecule has 0 aliphatic carbocycles. The number of amides is 1. The second kappa shape index (κ2) is 7.67. The number of thioether (sulfide) groups is 1. The average molecular weight is 408 g/mol. The van der Waals surface area contributed by atoms with Crippen molar-refractivity contribution in [1.29, 1.82) is 0 Å². The zero-order valence-corrected chi connectivity index (χ0v) is 18.0. The molecule has 0 bridgehead atoms. The molecule has 6 heteroatoms. The summed E-state index contributed by atoms with van der Waals surface area (Å²) in [7, 11) is 0. The molecule has 1 atom stereocenters. The van der Waals surface area contributed by atoms with Gasteiger partial charge in [-0.15, -0.1) is 10.2 Å². The SMILES string of the molecule is C[C@H]1Cc2ccccc2N1C(=O)CSc1nnc(-c2ccc(C(C)(C)C)cc2)o1. The fourth-order valence-corrected chi connectivity index (χ4v) is 4.26. The molecule has 2 heterocycles. The van der Waals surface area contributed by atoms with Crippen molar-refractivity contribution in [2.45, 2.75) is 50.8 Å². The highest BCUT2D eigenvalue weighted by Gasteiger charge is 2.30. The van der Waals surface area contributed by atoms with E-state index in [2.05, 4.69) is 56.1 Å². The van der Waals surface area contributed by atoms with Crippen LogP contribution in [-0.4, -0.2) is 27.9 Å². The third-order valence-corrected chi connectivity index (χ3v) is 6.00. The number of hydrogen-bond acceptors (Lipinski definition) is 5. The first-order chi connectivity index (χ1) is 13.8. The molecule has 1 aliphatic heterocycles. The quantitative estimate of drug-likeness (QED) is 0.563. The number of benzene rings is 2. The van der Waals surface area contributed by atoms with E-state index in [9.17, 15) is 4.79 Å². The Kier molecular flexibility index (Phi) is 5.21. The average Bonchev–Trinajstić information content (AvgIpc) is 3.29. The summed E-state index contributed by atoms with van der Waals surface area (Å²) in [4.78, 5) is 14.7. The maximum absolute atomic E-state index is 12.8. The molecular formula is C23H25N3O2S. The molecule has 3 aromatic rings. The third kappa shape index (κ3) is 4.08. The van der Waals surface area contributed by atoms with Gasteiger partial charge < -0.3 is 9.32 Å². The fraction of sp³-hybridized carbons (Fsp3) is 0.348. The van der Waals surface area contributed by atoms with Crippen molar-refractivity contribution in [1.82, 2.24) is 10.2 Å². The minimum absolute atomic E-state index is 0.0572. The lowest BCUT2D eigenvalue weighted by Gasteiger charge is -2.22. The molecular weight excluding hydrogens is 382 g/mol. The molecule has 1 aliphatic rings. The molecule has 5 nitrogen and oxygen atoms in total. The van der Waals surface area contributed by atoms with Gasteiger partial charge in [0.2, 0.25) is 11.8 Å². The smallest absolute Gasteiger partial charge is 0.277 e. The van der Waals surface area contributed by atoms with Gasteiger partial charge in [-0.1, -0.05) is 62.9 Å². The Hall–Kier alpha value is -2.60. The summed E-state index contributed by atoms with van der Waals surface area (Å²) in [5, 5.41) is 8.65. The summed E-state index contributed by atoms with van der Waals surface area (Å²) in [5.74, 6) is 0.797. The van der Waals surface area contributed by atoms with Gasteiger partial charge in [0.25, 0.3) is 5.22 Å². The molecule has 0 radical (unpaired) electrons. The zero-order valence-electron chi connectivity index (χ0n) is 17.2. The molecule has 0 N–H and O–H groups in total. The summed E-state index contributed by atoms with van der Waals surface area (Å²) in [6, 6.07) is 16.4. The van der Waals surface area contributed by atoms with Crippen LogP contribution in [0.25, 0.3) is 11.5 Å².